The van der Waals surface area contributed by atoms with E-state index in [1.807, 2.05) is 0 Å². The first-order valence-corrected chi connectivity index (χ1v) is 13.3. The molecule has 0 unspecified atom stereocenters. The van der Waals surface area contributed by atoms with Crippen molar-refractivity contribution in [1.29, 1.82) is 0 Å². The second-order valence-corrected chi connectivity index (χ2v) is 11.0. The van der Waals surface area contributed by atoms with Gasteiger partial charge in [-0.2, -0.15) is 4.31 Å². The van der Waals surface area contributed by atoms with E-state index in [-0.39, 0.29) is 10.8 Å². The molecule has 2 aromatic rings. The van der Waals surface area contributed by atoms with Crippen molar-refractivity contribution in [2.45, 2.75) is 31.1 Å². The lowest BCUT2D eigenvalue weighted by atomic mass is 10.1. The number of para-hydroxylation sites is 1. The molecule has 33 heavy (non-hydrogen) atoms. The van der Waals surface area contributed by atoms with Gasteiger partial charge in [0.1, 0.15) is 0 Å². The van der Waals surface area contributed by atoms with Gasteiger partial charge >= 0.3 is 0 Å². The average Bonchev–Trinajstić information content (AvgIpc) is 3.36. The zero-order valence-electron chi connectivity index (χ0n) is 19.0. The number of aryl methyl sites for hydroxylation is 1. The van der Waals surface area contributed by atoms with E-state index in [9.17, 15) is 13.2 Å². The average molecular weight is 491 g/mol. The Hall–Kier alpha value is -2.13. The number of amides is 1. The molecule has 0 saturated carbocycles. The van der Waals surface area contributed by atoms with Crippen molar-refractivity contribution in [3.8, 4) is 0 Å². The number of hydrogen-bond donors (Lipinski definition) is 1. The van der Waals surface area contributed by atoms with Crippen molar-refractivity contribution in [2.24, 2.45) is 0 Å². The largest absolute Gasteiger partial charge is 0.369 e. The van der Waals surface area contributed by atoms with Crippen LogP contribution >= 0.6 is 11.6 Å². The van der Waals surface area contributed by atoms with Crippen molar-refractivity contribution in [2.75, 3.05) is 56.0 Å². The third-order valence-corrected chi connectivity index (χ3v) is 8.62. The lowest BCUT2D eigenvalue weighted by Gasteiger charge is -2.36. The van der Waals surface area contributed by atoms with E-state index in [4.69, 9.17) is 11.6 Å². The van der Waals surface area contributed by atoms with Crippen LogP contribution in [0.4, 0.5) is 11.4 Å². The van der Waals surface area contributed by atoms with Crippen LogP contribution in [0.3, 0.4) is 0 Å². The third kappa shape index (κ3) is 5.69. The van der Waals surface area contributed by atoms with Gasteiger partial charge in [-0.25, -0.2) is 8.42 Å². The number of carbonyl (C=O) groups excluding carboxylic acids is 1. The number of sulfonamides is 1. The van der Waals surface area contributed by atoms with Gasteiger partial charge in [-0.05, 0) is 49.6 Å². The van der Waals surface area contributed by atoms with Gasteiger partial charge in [-0.15, -0.1) is 0 Å². The third-order valence-electron chi connectivity index (χ3n) is 6.40. The first kappa shape index (κ1) is 24.0. The normalized spacial score (nSPS) is 17.9. The van der Waals surface area contributed by atoms with E-state index in [0.717, 1.165) is 39.0 Å². The summed E-state index contributed by atoms with van der Waals surface area (Å²) in [5.74, 6) is -0.172. The Morgan fingerprint density at radius 3 is 2.39 bits per heavy atom. The molecule has 9 heteroatoms. The van der Waals surface area contributed by atoms with Gasteiger partial charge in [-0.3, -0.25) is 9.69 Å². The number of anilines is 2. The van der Waals surface area contributed by atoms with E-state index < -0.39 is 10.0 Å². The van der Waals surface area contributed by atoms with E-state index in [2.05, 4.69) is 46.3 Å². The Kier molecular flexibility index (Phi) is 7.58. The zero-order chi connectivity index (χ0) is 23.4. The van der Waals surface area contributed by atoms with Crippen molar-refractivity contribution < 1.29 is 13.2 Å². The molecule has 2 saturated heterocycles. The van der Waals surface area contributed by atoms with Crippen LogP contribution in [0.5, 0.6) is 0 Å². The molecule has 0 aliphatic carbocycles. The molecule has 2 aromatic carbocycles. The Morgan fingerprint density at radius 2 is 1.70 bits per heavy atom. The Labute approximate surface area is 201 Å². The molecule has 2 aliphatic heterocycles. The van der Waals surface area contributed by atoms with Crippen LogP contribution in [0.15, 0.2) is 47.4 Å². The highest BCUT2D eigenvalue weighted by molar-refractivity contribution is 7.89. The van der Waals surface area contributed by atoms with Crippen LogP contribution in [-0.2, 0) is 14.8 Å². The molecule has 0 radical (unpaired) electrons. The Balaban J connectivity index is 1.30. The van der Waals surface area contributed by atoms with Gasteiger partial charge in [-0.1, -0.05) is 29.8 Å². The molecule has 2 fully saturated rings. The first-order valence-electron chi connectivity index (χ1n) is 11.5. The smallest absolute Gasteiger partial charge is 0.243 e. The summed E-state index contributed by atoms with van der Waals surface area (Å²) in [6.07, 6.45) is 2.06. The monoisotopic (exact) mass is 490 g/mol. The molecule has 4 rings (SSSR count). The minimum Gasteiger partial charge on any atom is -0.369 e. The summed E-state index contributed by atoms with van der Waals surface area (Å²) in [5.41, 5.74) is 2.88. The van der Waals surface area contributed by atoms with Crippen LogP contribution in [0, 0.1) is 6.92 Å². The maximum atomic E-state index is 12.8. The van der Waals surface area contributed by atoms with Crippen molar-refractivity contribution in [3.63, 3.8) is 0 Å². The summed E-state index contributed by atoms with van der Waals surface area (Å²) in [7, 11) is -3.56. The second kappa shape index (κ2) is 10.4. The number of hydrogen-bond acceptors (Lipinski definition) is 5. The number of benzene rings is 2. The first-order chi connectivity index (χ1) is 15.8. The van der Waals surface area contributed by atoms with Gasteiger partial charge in [0.15, 0.2) is 0 Å². The maximum absolute atomic E-state index is 12.8. The second-order valence-electron chi connectivity index (χ2n) is 8.67. The molecule has 0 spiro atoms. The number of rotatable bonds is 7. The van der Waals surface area contributed by atoms with E-state index >= 15 is 0 Å². The van der Waals surface area contributed by atoms with Crippen LogP contribution in [0.2, 0.25) is 5.02 Å². The van der Waals surface area contributed by atoms with Crippen molar-refractivity contribution >= 4 is 38.9 Å². The summed E-state index contributed by atoms with van der Waals surface area (Å²) >= 11 is 6.25. The molecule has 178 valence electrons. The molecule has 1 N–H and O–H groups in total. The summed E-state index contributed by atoms with van der Waals surface area (Å²) in [4.78, 5) is 17.4. The van der Waals surface area contributed by atoms with Crippen LogP contribution in [0.25, 0.3) is 0 Å². The van der Waals surface area contributed by atoms with Gasteiger partial charge in [0.25, 0.3) is 0 Å². The quantitative estimate of drug-likeness (QED) is 0.642. The number of carbonyl (C=O) groups is 1. The summed E-state index contributed by atoms with van der Waals surface area (Å²) in [5, 5.41) is 3.13. The van der Waals surface area contributed by atoms with Crippen LogP contribution in [0.1, 0.15) is 24.8 Å². The van der Waals surface area contributed by atoms with Crippen LogP contribution in [-0.4, -0.2) is 69.3 Å². The maximum Gasteiger partial charge on any atom is 0.243 e. The van der Waals surface area contributed by atoms with E-state index in [0.29, 0.717) is 36.8 Å². The molecular weight excluding hydrogens is 460 g/mol. The van der Waals surface area contributed by atoms with Crippen molar-refractivity contribution in [3.05, 3.63) is 53.1 Å². The molecule has 1 amide bonds. The molecule has 0 bridgehead atoms. The highest BCUT2D eigenvalue weighted by atomic mass is 35.5. The summed E-state index contributed by atoms with van der Waals surface area (Å²) < 4.78 is 27.1. The lowest BCUT2D eigenvalue weighted by molar-refractivity contribution is -0.116. The predicted molar refractivity (Wildman–Crippen MR) is 133 cm³/mol. The molecule has 0 aromatic heterocycles. The van der Waals surface area contributed by atoms with Gasteiger partial charge in [0.05, 0.1) is 15.6 Å². The van der Waals surface area contributed by atoms with Gasteiger partial charge in [0, 0.05) is 57.9 Å². The number of halogens is 1. The minimum atomic E-state index is -3.56. The Bertz CT molecular complexity index is 1090. The fourth-order valence-electron chi connectivity index (χ4n) is 4.44. The number of nitrogens with one attached hydrogen (secondary N) is 1. The lowest BCUT2D eigenvalue weighted by Crippen LogP contribution is -2.47. The van der Waals surface area contributed by atoms with Crippen LogP contribution < -0.4 is 10.2 Å². The summed E-state index contributed by atoms with van der Waals surface area (Å²) in [6.45, 7) is 7.48. The molecule has 2 aliphatic rings. The highest BCUT2D eigenvalue weighted by Gasteiger charge is 2.28. The molecule has 2 heterocycles. The highest BCUT2D eigenvalue weighted by Crippen LogP contribution is 2.28. The number of nitrogens with zero attached hydrogens (tertiary/aromatic N) is 3. The number of piperazine rings is 1. The molecule has 0 atom stereocenters. The van der Waals surface area contributed by atoms with E-state index in [1.54, 1.807) is 0 Å². The van der Waals surface area contributed by atoms with Gasteiger partial charge in [0.2, 0.25) is 15.9 Å². The minimum absolute atomic E-state index is 0.163. The molecular formula is C24H31ClN4O3S. The fourth-order valence-corrected chi connectivity index (χ4v) is 6.15. The molecule has 7 nitrogen and oxygen atoms in total. The van der Waals surface area contributed by atoms with Crippen molar-refractivity contribution in [1.82, 2.24) is 9.21 Å². The SMILES string of the molecule is Cc1ccccc1N1CCN(CCC(=O)Nc2cc(S(=O)(=O)N3CCCC3)ccc2Cl)CC1. The predicted octanol–water partition coefficient (Wildman–Crippen LogP) is 3.58. The zero-order valence-corrected chi connectivity index (χ0v) is 20.5. The van der Waals surface area contributed by atoms with Gasteiger partial charge < -0.3 is 10.2 Å². The standard InChI is InChI=1S/C24H31ClN4O3S/c1-19-6-2-3-7-23(19)28-16-14-27(15-17-28)13-10-24(30)26-22-18-20(8-9-21(22)25)33(31,32)29-11-4-5-12-29/h2-3,6-9,18H,4-5,10-17H2,1H3,(H,26,30). The Morgan fingerprint density at radius 1 is 1.00 bits per heavy atom. The summed E-state index contributed by atoms with van der Waals surface area (Å²) in [6, 6.07) is 12.9. The fraction of sp³-hybridized carbons (Fsp3) is 0.458. The van der Waals surface area contributed by atoms with E-state index in [1.165, 1.54) is 33.8 Å². The topological polar surface area (TPSA) is 73.0 Å².